The van der Waals surface area contributed by atoms with Gasteiger partial charge in [-0.1, -0.05) is 6.92 Å². The van der Waals surface area contributed by atoms with Crippen molar-refractivity contribution in [1.29, 1.82) is 0 Å². The third-order valence-electron chi connectivity index (χ3n) is 5.15. The van der Waals surface area contributed by atoms with Crippen molar-refractivity contribution < 1.29 is 27.5 Å². The minimum atomic E-state index is -0.712. The van der Waals surface area contributed by atoms with Gasteiger partial charge in [-0.15, -0.1) is 0 Å². The predicted molar refractivity (Wildman–Crippen MR) is 101 cm³/mol. The van der Waals surface area contributed by atoms with Crippen LogP contribution in [0, 0.1) is 11.6 Å². The second kappa shape index (κ2) is 7.62. The van der Waals surface area contributed by atoms with E-state index in [0.717, 1.165) is 0 Å². The molecule has 0 aliphatic carbocycles. The Bertz CT molecular complexity index is 1090. The number of ether oxygens (including phenoxy) is 2. The van der Waals surface area contributed by atoms with Crippen LogP contribution in [-0.2, 0) is 6.54 Å². The summed E-state index contributed by atoms with van der Waals surface area (Å²) in [4.78, 5) is 21.6. The first kappa shape index (κ1) is 19.6. The van der Waals surface area contributed by atoms with Gasteiger partial charge in [-0.05, 0) is 19.1 Å². The summed E-state index contributed by atoms with van der Waals surface area (Å²) in [5.41, 5.74) is 6.20. The van der Waals surface area contributed by atoms with Crippen LogP contribution in [0.4, 0.5) is 19.4 Å². The van der Waals surface area contributed by atoms with Crippen LogP contribution in [0.2, 0.25) is 0 Å². The molecule has 3 aromatic rings. The van der Waals surface area contributed by atoms with E-state index >= 15 is 0 Å². The Hall–Kier alpha value is -3.69. The Kier molecular flexibility index (Phi) is 4.98. The highest BCUT2D eigenvalue weighted by Crippen LogP contribution is 2.40. The summed E-state index contributed by atoms with van der Waals surface area (Å²) in [6.45, 7) is 3.52. The summed E-state index contributed by atoms with van der Waals surface area (Å²) in [5.74, 6) is -2.00. The molecule has 8 nitrogen and oxygen atoms in total. The number of nitrogen functional groups attached to an aromatic ring is 1. The normalized spacial score (nSPS) is 18.5. The molecule has 30 heavy (non-hydrogen) atoms. The van der Waals surface area contributed by atoms with Crippen molar-refractivity contribution in [3.8, 4) is 17.6 Å². The number of anilines is 1. The number of oxazole rings is 1. The van der Waals surface area contributed by atoms with Crippen molar-refractivity contribution in [3.63, 3.8) is 0 Å². The maximum absolute atomic E-state index is 14.6. The molecule has 2 aromatic heterocycles. The summed E-state index contributed by atoms with van der Waals surface area (Å²) < 4.78 is 44.7. The minimum Gasteiger partial charge on any atom is -0.417 e. The molecule has 3 heterocycles. The lowest BCUT2D eigenvalue weighted by atomic mass is 9.92. The third kappa shape index (κ3) is 3.51. The number of benzene rings is 1. The van der Waals surface area contributed by atoms with E-state index in [2.05, 4.69) is 9.97 Å². The van der Waals surface area contributed by atoms with E-state index in [1.54, 1.807) is 6.92 Å². The lowest BCUT2D eigenvalue weighted by Crippen LogP contribution is -2.40. The zero-order chi connectivity index (χ0) is 21.4. The van der Waals surface area contributed by atoms with Crippen LogP contribution in [0.1, 0.15) is 30.9 Å². The zero-order valence-corrected chi connectivity index (χ0v) is 16.1. The van der Waals surface area contributed by atoms with Crippen molar-refractivity contribution in [1.82, 2.24) is 14.9 Å². The lowest BCUT2D eigenvalue weighted by Gasteiger charge is -2.29. The number of nitrogens with two attached hydrogens (primary N) is 1. The number of nitrogens with zero attached hydrogens (tertiary/aromatic N) is 3. The largest absolute Gasteiger partial charge is 0.417 e. The fraction of sp³-hybridized carbons (Fsp3) is 0.250. The minimum absolute atomic E-state index is 0.0843. The molecule has 0 saturated carbocycles. The number of rotatable bonds is 4. The van der Waals surface area contributed by atoms with Gasteiger partial charge >= 0.3 is 12.2 Å². The first-order valence-corrected chi connectivity index (χ1v) is 9.13. The molecule has 2 N–H and O–H groups in total. The first-order valence-electron chi connectivity index (χ1n) is 9.13. The Morgan fingerprint density at radius 1 is 1.23 bits per heavy atom. The van der Waals surface area contributed by atoms with Gasteiger partial charge in [-0.25, -0.2) is 18.6 Å². The molecule has 1 amide bonds. The molecule has 2 atom stereocenters. The molecular formula is C20H18F2N4O4. The van der Waals surface area contributed by atoms with Crippen molar-refractivity contribution >= 4 is 11.9 Å². The maximum Gasteiger partial charge on any atom is 0.415 e. The van der Waals surface area contributed by atoms with Gasteiger partial charge in [0.15, 0.2) is 23.2 Å². The quantitative estimate of drug-likeness (QED) is 0.679. The summed E-state index contributed by atoms with van der Waals surface area (Å²) in [5, 5.41) is 0. The molecule has 0 fully saturated rings. The molecule has 156 valence electrons. The number of hydrogen-bond donors (Lipinski definition) is 1. The van der Waals surface area contributed by atoms with Crippen molar-refractivity contribution in [3.05, 3.63) is 59.6 Å². The molecule has 1 unspecified atom stereocenters. The predicted octanol–water partition coefficient (Wildman–Crippen LogP) is 4.23. The second-order valence-corrected chi connectivity index (χ2v) is 6.91. The molecule has 10 heteroatoms. The summed E-state index contributed by atoms with van der Waals surface area (Å²) >= 11 is 0. The average molecular weight is 416 g/mol. The van der Waals surface area contributed by atoms with Gasteiger partial charge in [0.05, 0.1) is 12.7 Å². The SMILES string of the molecule is CC1c2cc(F)c(Oc3ncco3)cc2OC(=O)N(Cc2ccnc(N)c2F)[C@H]1C. The fourth-order valence-corrected chi connectivity index (χ4v) is 3.29. The highest BCUT2D eigenvalue weighted by molar-refractivity contribution is 5.73. The van der Waals surface area contributed by atoms with E-state index in [1.165, 1.54) is 41.8 Å². The molecule has 0 spiro atoms. The number of amides is 1. The van der Waals surface area contributed by atoms with Gasteiger partial charge in [0.2, 0.25) is 0 Å². The van der Waals surface area contributed by atoms with E-state index < -0.39 is 23.8 Å². The Labute approximate surface area is 170 Å². The second-order valence-electron chi connectivity index (χ2n) is 6.91. The molecule has 1 aliphatic heterocycles. The molecule has 1 aliphatic rings. The number of aromatic nitrogens is 2. The monoisotopic (exact) mass is 416 g/mol. The third-order valence-corrected chi connectivity index (χ3v) is 5.15. The van der Waals surface area contributed by atoms with Crippen LogP contribution in [0.25, 0.3) is 0 Å². The van der Waals surface area contributed by atoms with Crippen LogP contribution in [0.3, 0.4) is 0 Å². The van der Waals surface area contributed by atoms with E-state index in [1.807, 2.05) is 6.92 Å². The number of hydrogen-bond acceptors (Lipinski definition) is 7. The molecule has 0 saturated heterocycles. The van der Waals surface area contributed by atoms with Crippen molar-refractivity contribution in [2.75, 3.05) is 5.73 Å². The number of pyridine rings is 1. The number of halogens is 2. The molecule has 1 aromatic carbocycles. The molecule has 4 rings (SSSR count). The Morgan fingerprint density at radius 3 is 2.77 bits per heavy atom. The van der Waals surface area contributed by atoms with Crippen LogP contribution in [0.5, 0.6) is 17.6 Å². The van der Waals surface area contributed by atoms with Gasteiger partial charge in [-0.3, -0.25) is 0 Å². The van der Waals surface area contributed by atoms with Gasteiger partial charge in [0, 0.05) is 35.3 Å². The van der Waals surface area contributed by atoms with Crippen molar-refractivity contribution in [2.45, 2.75) is 32.4 Å². The van der Waals surface area contributed by atoms with Crippen LogP contribution < -0.4 is 15.2 Å². The summed E-state index contributed by atoms with van der Waals surface area (Å²) in [7, 11) is 0. The van der Waals surface area contributed by atoms with Gasteiger partial charge in [-0.2, -0.15) is 4.98 Å². The Morgan fingerprint density at radius 2 is 2.03 bits per heavy atom. The molecule has 0 radical (unpaired) electrons. The van der Waals surface area contributed by atoms with E-state index in [4.69, 9.17) is 19.6 Å². The highest BCUT2D eigenvalue weighted by atomic mass is 19.1. The highest BCUT2D eigenvalue weighted by Gasteiger charge is 2.35. The smallest absolute Gasteiger partial charge is 0.415 e. The average Bonchev–Trinajstić information content (AvgIpc) is 3.20. The van der Waals surface area contributed by atoms with Gasteiger partial charge in [0.25, 0.3) is 0 Å². The maximum atomic E-state index is 14.6. The van der Waals surface area contributed by atoms with Crippen LogP contribution in [-0.4, -0.2) is 27.0 Å². The standard InChI is InChI=1S/C20H18F2N4O4/c1-10-11(2)26(9-12-3-4-24-18(23)17(12)22)20(27)30-15-8-16(14(21)7-13(10)15)29-19-25-5-6-28-19/h3-8,10-11H,9H2,1-2H3,(H2,23,24)/t10?,11-/m0/s1. The molecular weight excluding hydrogens is 398 g/mol. The molecule has 0 bridgehead atoms. The Balaban J connectivity index is 1.66. The van der Waals surface area contributed by atoms with E-state index in [9.17, 15) is 13.6 Å². The lowest BCUT2D eigenvalue weighted by molar-refractivity contribution is 0.132. The number of fused-ring (bicyclic) bond motifs is 1. The van der Waals surface area contributed by atoms with Gasteiger partial charge < -0.3 is 24.5 Å². The zero-order valence-electron chi connectivity index (χ0n) is 16.1. The topological polar surface area (TPSA) is 104 Å². The van der Waals surface area contributed by atoms with E-state index in [-0.39, 0.29) is 41.4 Å². The van der Waals surface area contributed by atoms with Crippen molar-refractivity contribution in [2.24, 2.45) is 0 Å². The van der Waals surface area contributed by atoms with Gasteiger partial charge in [0.1, 0.15) is 12.0 Å². The van der Waals surface area contributed by atoms with Crippen LogP contribution in [0.15, 0.2) is 41.3 Å². The first-order chi connectivity index (χ1) is 14.3. The summed E-state index contributed by atoms with van der Waals surface area (Å²) in [6.07, 6.45) is 3.13. The number of carbonyl (C=O) groups excluding carboxylic acids is 1. The fourth-order valence-electron chi connectivity index (χ4n) is 3.29. The van der Waals surface area contributed by atoms with Crippen LogP contribution >= 0.6 is 0 Å². The number of carbonyl (C=O) groups is 1. The summed E-state index contributed by atoms with van der Waals surface area (Å²) in [6, 6.07) is 3.53. The van der Waals surface area contributed by atoms with E-state index in [0.29, 0.717) is 5.56 Å².